The summed E-state index contributed by atoms with van der Waals surface area (Å²) >= 11 is 0. The Morgan fingerprint density at radius 3 is 2.56 bits per heavy atom. The molecule has 0 bridgehead atoms. The van der Waals surface area contributed by atoms with Gasteiger partial charge in [0.25, 0.3) is 15.6 Å². The first-order chi connectivity index (χ1) is 11.7. The van der Waals surface area contributed by atoms with Crippen molar-refractivity contribution < 1.29 is 17.2 Å². The van der Waals surface area contributed by atoms with E-state index in [0.29, 0.717) is 12.4 Å². The number of hydrogen-bond donors (Lipinski definition) is 1. The zero-order chi connectivity index (χ0) is 18.4. The minimum absolute atomic E-state index is 0.130. The standard InChI is InChI=1S/C15H14F2N4O3S/c1-3-21-15(22)14-7-11(8-20(14)9(2)18-21)25(23,24)19-10-4-5-12(16)13(17)6-10/h4-8,19H,3H2,1-2H3. The fourth-order valence-corrected chi connectivity index (χ4v) is 3.47. The molecule has 1 aromatic carbocycles. The lowest BCUT2D eigenvalue weighted by atomic mass is 10.3. The van der Waals surface area contributed by atoms with Crippen LogP contribution in [0.5, 0.6) is 0 Å². The largest absolute Gasteiger partial charge is 0.298 e. The van der Waals surface area contributed by atoms with E-state index in [1.54, 1.807) is 13.8 Å². The Hall–Kier alpha value is -2.75. The molecule has 132 valence electrons. The van der Waals surface area contributed by atoms with Gasteiger partial charge in [0, 0.05) is 18.8 Å². The van der Waals surface area contributed by atoms with Crippen molar-refractivity contribution in [1.29, 1.82) is 0 Å². The highest BCUT2D eigenvalue weighted by atomic mass is 32.2. The predicted octanol–water partition coefficient (Wildman–Crippen LogP) is 1.90. The molecule has 10 heteroatoms. The summed E-state index contributed by atoms with van der Waals surface area (Å²) in [5.74, 6) is -1.82. The van der Waals surface area contributed by atoms with Crippen LogP contribution in [0.1, 0.15) is 12.7 Å². The summed E-state index contributed by atoms with van der Waals surface area (Å²) in [7, 11) is -4.09. The molecular weight excluding hydrogens is 354 g/mol. The van der Waals surface area contributed by atoms with E-state index in [1.807, 2.05) is 0 Å². The third kappa shape index (κ3) is 3.00. The van der Waals surface area contributed by atoms with E-state index >= 15 is 0 Å². The average molecular weight is 368 g/mol. The fraction of sp³-hybridized carbons (Fsp3) is 0.200. The number of anilines is 1. The summed E-state index contributed by atoms with van der Waals surface area (Å²) in [5, 5.41) is 4.08. The summed E-state index contributed by atoms with van der Waals surface area (Å²) in [5.41, 5.74) is -0.405. The molecule has 2 aromatic heterocycles. The highest BCUT2D eigenvalue weighted by Gasteiger charge is 2.20. The molecule has 0 saturated heterocycles. The Kier molecular flexibility index (Phi) is 4.07. The topological polar surface area (TPSA) is 85.5 Å². The maximum Gasteiger partial charge on any atom is 0.291 e. The van der Waals surface area contributed by atoms with Crippen LogP contribution in [-0.2, 0) is 16.6 Å². The molecule has 7 nitrogen and oxygen atoms in total. The van der Waals surface area contributed by atoms with Gasteiger partial charge < -0.3 is 0 Å². The Morgan fingerprint density at radius 2 is 1.92 bits per heavy atom. The average Bonchev–Trinajstić information content (AvgIpc) is 3.01. The van der Waals surface area contributed by atoms with Gasteiger partial charge in [-0.25, -0.2) is 21.9 Å². The molecule has 0 fully saturated rings. The van der Waals surface area contributed by atoms with Crippen molar-refractivity contribution in [1.82, 2.24) is 14.2 Å². The van der Waals surface area contributed by atoms with Crippen LogP contribution in [0, 0.1) is 18.6 Å². The van der Waals surface area contributed by atoms with Crippen LogP contribution in [0.25, 0.3) is 5.52 Å². The number of nitrogens with zero attached hydrogens (tertiary/aromatic N) is 3. The Morgan fingerprint density at radius 1 is 1.20 bits per heavy atom. The number of sulfonamides is 1. The molecule has 3 aromatic rings. The van der Waals surface area contributed by atoms with Gasteiger partial charge in [-0.3, -0.25) is 13.9 Å². The number of fused-ring (bicyclic) bond motifs is 1. The van der Waals surface area contributed by atoms with Crippen molar-refractivity contribution >= 4 is 21.2 Å². The third-order valence-corrected chi connectivity index (χ3v) is 4.99. The number of aryl methyl sites for hydroxylation is 2. The van der Waals surface area contributed by atoms with Crippen LogP contribution < -0.4 is 10.3 Å². The smallest absolute Gasteiger partial charge is 0.291 e. The molecule has 25 heavy (non-hydrogen) atoms. The summed E-state index contributed by atoms with van der Waals surface area (Å²) in [6.45, 7) is 3.73. The third-order valence-electron chi connectivity index (χ3n) is 3.64. The molecule has 0 saturated carbocycles. The van der Waals surface area contributed by atoms with E-state index in [1.165, 1.54) is 21.3 Å². The molecule has 0 aliphatic carbocycles. The van der Waals surface area contributed by atoms with Gasteiger partial charge in [-0.2, -0.15) is 5.10 Å². The first kappa shape index (κ1) is 17.1. The van der Waals surface area contributed by atoms with Crippen LogP contribution >= 0.6 is 0 Å². The molecule has 3 rings (SSSR count). The zero-order valence-electron chi connectivity index (χ0n) is 13.3. The molecule has 2 heterocycles. The van der Waals surface area contributed by atoms with Crippen LogP contribution in [0.3, 0.4) is 0 Å². The van der Waals surface area contributed by atoms with Gasteiger partial charge >= 0.3 is 0 Å². The van der Waals surface area contributed by atoms with Crippen molar-refractivity contribution in [3.05, 3.63) is 58.3 Å². The maximum absolute atomic E-state index is 13.2. The van der Waals surface area contributed by atoms with Gasteiger partial charge in [0.15, 0.2) is 11.6 Å². The van der Waals surface area contributed by atoms with Crippen molar-refractivity contribution in [2.24, 2.45) is 0 Å². The number of benzene rings is 1. The highest BCUT2D eigenvalue weighted by Crippen LogP contribution is 2.20. The lowest BCUT2D eigenvalue weighted by molar-refractivity contribution is 0.509. The normalized spacial score (nSPS) is 11.8. The molecule has 1 N–H and O–H groups in total. The first-order valence-electron chi connectivity index (χ1n) is 7.30. The molecule has 0 atom stereocenters. The molecule has 0 unspecified atom stereocenters. The maximum atomic E-state index is 13.2. The van der Waals surface area contributed by atoms with E-state index in [9.17, 15) is 22.0 Å². The van der Waals surface area contributed by atoms with Crippen LogP contribution in [0.4, 0.5) is 14.5 Å². The number of halogens is 2. The summed E-state index contributed by atoms with van der Waals surface area (Å²) in [6, 6.07) is 3.87. The van der Waals surface area contributed by atoms with Gasteiger partial charge in [0.2, 0.25) is 0 Å². The van der Waals surface area contributed by atoms with Gasteiger partial charge in [-0.05, 0) is 32.0 Å². The number of aromatic nitrogens is 3. The van der Waals surface area contributed by atoms with E-state index in [-0.39, 0.29) is 16.1 Å². The lowest BCUT2D eigenvalue weighted by Crippen LogP contribution is -2.25. The number of rotatable bonds is 4. The van der Waals surface area contributed by atoms with Crippen LogP contribution in [-0.4, -0.2) is 22.6 Å². The second-order valence-electron chi connectivity index (χ2n) is 5.33. The molecule has 0 spiro atoms. The monoisotopic (exact) mass is 368 g/mol. The lowest BCUT2D eigenvalue weighted by Gasteiger charge is -2.06. The quantitative estimate of drug-likeness (QED) is 0.762. The second-order valence-corrected chi connectivity index (χ2v) is 7.02. The summed E-state index contributed by atoms with van der Waals surface area (Å²) < 4.78 is 55.9. The van der Waals surface area contributed by atoms with Gasteiger partial charge in [0.05, 0.1) is 5.69 Å². The minimum Gasteiger partial charge on any atom is -0.298 e. The van der Waals surface area contributed by atoms with Crippen molar-refractivity contribution in [2.75, 3.05) is 4.72 Å². The Balaban J connectivity index is 2.08. The van der Waals surface area contributed by atoms with Crippen molar-refractivity contribution in [3.63, 3.8) is 0 Å². The van der Waals surface area contributed by atoms with E-state index in [4.69, 9.17) is 0 Å². The van der Waals surface area contributed by atoms with Gasteiger partial charge in [-0.1, -0.05) is 0 Å². The summed E-state index contributed by atoms with van der Waals surface area (Å²) in [4.78, 5) is 12.1. The highest BCUT2D eigenvalue weighted by molar-refractivity contribution is 7.92. The Labute approximate surface area is 141 Å². The number of hydrogen-bond acceptors (Lipinski definition) is 4. The summed E-state index contributed by atoms with van der Waals surface area (Å²) in [6.07, 6.45) is 1.25. The van der Waals surface area contributed by atoms with Gasteiger partial charge in [0.1, 0.15) is 16.2 Å². The van der Waals surface area contributed by atoms with Crippen molar-refractivity contribution in [2.45, 2.75) is 25.3 Å². The first-order valence-corrected chi connectivity index (χ1v) is 8.79. The molecule has 0 amide bonds. The van der Waals surface area contributed by atoms with Crippen LogP contribution in [0.15, 0.2) is 40.2 Å². The fourth-order valence-electron chi connectivity index (χ4n) is 2.41. The van der Waals surface area contributed by atoms with E-state index < -0.39 is 27.2 Å². The molecule has 0 aliphatic rings. The van der Waals surface area contributed by atoms with Crippen LogP contribution in [0.2, 0.25) is 0 Å². The van der Waals surface area contributed by atoms with Gasteiger partial charge in [-0.15, -0.1) is 0 Å². The molecule has 0 radical (unpaired) electrons. The predicted molar refractivity (Wildman–Crippen MR) is 87.0 cm³/mol. The Bertz CT molecular complexity index is 1140. The number of nitrogens with one attached hydrogen (secondary N) is 1. The molecular formula is C15H14F2N4O3S. The second kappa shape index (κ2) is 5.96. The van der Waals surface area contributed by atoms with E-state index in [2.05, 4.69) is 9.82 Å². The SMILES string of the molecule is CCn1nc(C)n2cc(S(=O)(=O)Nc3ccc(F)c(F)c3)cc2c1=O. The zero-order valence-corrected chi connectivity index (χ0v) is 14.1. The molecule has 0 aliphatic heterocycles. The van der Waals surface area contributed by atoms with E-state index in [0.717, 1.165) is 18.2 Å². The van der Waals surface area contributed by atoms with Crippen molar-refractivity contribution in [3.8, 4) is 0 Å². The minimum atomic E-state index is -4.09.